The number of aromatic amines is 1. The average Bonchev–Trinajstić information content (AvgIpc) is 3.40. The molecule has 0 aliphatic rings. The predicted octanol–water partition coefficient (Wildman–Crippen LogP) is 5.50. The normalized spacial score (nSPS) is 11.7. The number of benzene rings is 2. The van der Waals surface area contributed by atoms with Gasteiger partial charge >= 0.3 is 0 Å². The van der Waals surface area contributed by atoms with E-state index in [1.54, 1.807) is 36.5 Å². The Balaban J connectivity index is 1.62. The molecule has 5 aromatic rings. The number of aromatic nitrogens is 5. The Kier molecular flexibility index (Phi) is 5.91. The molecule has 1 unspecified atom stereocenters. The summed E-state index contributed by atoms with van der Waals surface area (Å²) in [4.78, 5) is 7.96. The number of H-pyrrole nitrogens is 1. The minimum absolute atomic E-state index is 0.0952. The maximum Gasteiger partial charge on any atom is 0.236 e. The molecule has 0 radical (unpaired) electrons. The van der Waals surface area contributed by atoms with Gasteiger partial charge in [-0.05, 0) is 42.0 Å². The third-order valence-corrected chi connectivity index (χ3v) is 5.60. The molecule has 0 fully saturated rings. The van der Waals surface area contributed by atoms with Crippen LogP contribution in [0.5, 0.6) is 0 Å². The van der Waals surface area contributed by atoms with Crippen LogP contribution < -0.4 is 10.6 Å². The highest BCUT2D eigenvalue weighted by atomic mass is 35.5. The van der Waals surface area contributed by atoms with Gasteiger partial charge in [0.1, 0.15) is 17.6 Å². The Morgan fingerprint density at radius 2 is 1.89 bits per heavy atom. The summed E-state index contributed by atoms with van der Waals surface area (Å²) >= 11 is 6.56. The summed E-state index contributed by atoms with van der Waals surface area (Å²) in [6.07, 6.45) is 4.25. The molecule has 3 aromatic heterocycles. The summed E-state index contributed by atoms with van der Waals surface area (Å²) in [5.41, 5.74) is 2.89. The number of halogens is 3. The molecule has 172 valence electrons. The summed E-state index contributed by atoms with van der Waals surface area (Å²) in [5, 5.41) is 27.4. The number of nitriles is 1. The fourth-order valence-electron chi connectivity index (χ4n) is 3.68. The Labute approximate surface area is 202 Å². The summed E-state index contributed by atoms with van der Waals surface area (Å²) < 4.78 is 27.8. The van der Waals surface area contributed by atoms with E-state index in [2.05, 4.69) is 42.1 Å². The molecule has 8 nitrogen and oxygen atoms in total. The molecule has 0 aliphatic carbocycles. The fraction of sp³-hybridized carbons (Fsp3) is 0.0417. The molecule has 35 heavy (non-hydrogen) atoms. The summed E-state index contributed by atoms with van der Waals surface area (Å²) in [5.74, 6) is -1.08. The maximum atomic E-state index is 14.3. The van der Waals surface area contributed by atoms with Crippen molar-refractivity contribution in [1.29, 1.82) is 5.26 Å². The first kappa shape index (κ1) is 22.2. The third-order valence-electron chi connectivity index (χ3n) is 5.31. The van der Waals surface area contributed by atoms with Crippen molar-refractivity contribution in [2.75, 3.05) is 10.6 Å². The number of anilines is 3. The molecule has 5 rings (SSSR count). The molecule has 0 aliphatic heterocycles. The highest BCUT2D eigenvalue weighted by Crippen LogP contribution is 2.36. The van der Waals surface area contributed by atoms with Crippen LogP contribution >= 0.6 is 11.6 Å². The van der Waals surface area contributed by atoms with Crippen molar-refractivity contribution in [3.05, 3.63) is 101 Å². The minimum Gasteiger partial charge on any atom is -0.373 e. The van der Waals surface area contributed by atoms with E-state index in [1.165, 1.54) is 30.6 Å². The highest BCUT2D eigenvalue weighted by Gasteiger charge is 2.20. The lowest BCUT2D eigenvalue weighted by Gasteiger charge is -2.20. The van der Waals surface area contributed by atoms with E-state index in [0.717, 1.165) is 5.56 Å². The van der Waals surface area contributed by atoms with Crippen LogP contribution in [-0.4, -0.2) is 25.4 Å². The molecule has 2 aromatic carbocycles. The van der Waals surface area contributed by atoms with Gasteiger partial charge in [-0.3, -0.25) is 4.98 Å². The van der Waals surface area contributed by atoms with Gasteiger partial charge < -0.3 is 10.6 Å². The van der Waals surface area contributed by atoms with Gasteiger partial charge in [0.05, 0.1) is 39.7 Å². The van der Waals surface area contributed by atoms with Gasteiger partial charge in [-0.1, -0.05) is 23.7 Å². The first-order chi connectivity index (χ1) is 17.0. The zero-order valence-corrected chi connectivity index (χ0v) is 18.6. The van der Waals surface area contributed by atoms with Crippen LogP contribution in [0.2, 0.25) is 5.02 Å². The summed E-state index contributed by atoms with van der Waals surface area (Å²) in [6, 6.07) is 14.0. The second kappa shape index (κ2) is 9.32. The van der Waals surface area contributed by atoms with E-state index in [1.807, 2.05) is 0 Å². The third kappa shape index (κ3) is 4.45. The van der Waals surface area contributed by atoms with Crippen LogP contribution in [0.4, 0.5) is 25.8 Å². The Morgan fingerprint density at radius 1 is 1.06 bits per heavy atom. The lowest BCUT2D eigenvalue weighted by atomic mass is 10.0. The molecule has 3 N–H and O–H groups in total. The molecule has 0 saturated heterocycles. The van der Waals surface area contributed by atoms with Gasteiger partial charge in [0.25, 0.3) is 0 Å². The number of fused-ring (bicyclic) bond motifs is 1. The van der Waals surface area contributed by atoms with Crippen LogP contribution in [0, 0.1) is 23.1 Å². The van der Waals surface area contributed by atoms with Gasteiger partial charge in [-0.25, -0.2) is 9.37 Å². The van der Waals surface area contributed by atoms with E-state index in [-0.39, 0.29) is 17.1 Å². The predicted molar refractivity (Wildman–Crippen MR) is 127 cm³/mol. The van der Waals surface area contributed by atoms with Crippen LogP contribution in [-0.2, 0) is 0 Å². The van der Waals surface area contributed by atoms with Crippen molar-refractivity contribution in [3.63, 3.8) is 0 Å². The maximum absolute atomic E-state index is 14.3. The van der Waals surface area contributed by atoms with Crippen LogP contribution in [0.1, 0.15) is 22.9 Å². The molecule has 0 saturated carbocycles. The first-order valence-electron chi connectivity index (χ1n) is 10.3. The Bertz CT molecular complexity index is 1550. The number of nitrogens with zero attached hydrogens (tertiary/aromatic N) is 5. The quantitative estimate of drug-likeness (QED) is 0.270. The second-order valence-electron chi connectivity index (χ2n) is 7.50. The van der Waals surface area contributed by atoms with Crippen molar-refractivity contribution in [1.82, 2.24) is 25.4 Å². The fourth-order valence-corrected chi connectivity index (χ4v) is 3.94. The monoisotopic (exact) mass is 488 g/mol. The zero-order valence-electron chi connectivity index (χ0n) is 17.8. The molecule has 0 bridgehead atoms. The standard InChI is InChI=1S/C24H15ClF2N8/c25-18-9-16(32-22(20-12-31-35-34-20)13-3-5-15(26)6-4-13)8-17-21(14(10-28)11-30-23(17)18)33-19-2-1-7-29-24(19)27/h1-9,11-12,22,32H,(H,30,33)(H,31,34,35). The first-order valence-corrected chi connectivity index (χ1v) is 10.7. The lowest BCUT2D eigenvalue weighted by molar-refractivity contribution is 0.588. The summed E-state index contributed by atoms with van der Waals surface area (Å²) in [6.45, 7) is 0. The van der Waals surface area contributed by atoms with Crippen molar-refractivity contribution in [2.45, 2.75) is 6.04 Å². The van der Waals surface area contributed by atoms with Crippen molar-refractivity contribution in [3.8, 4) is 6.07 Å². The van der Waals surface area contributed by atoms with Crippen molar-refractivity contribution in [2.24, 2.45) is 0 Å². The van der Waals surface area contributed by atoms with Gasteiger partial charge in [0.2, 0.25) is 5.95 Å². The smallest absolute Gasteiger partial charge is 0.236 e. The van der Waals surface area contributed by atoms with Crippen LogP contribution in [0.25, 0.3) is 10.9 Å². The van der Waals surface area contributed by atoms with Crippen LogP contribution in [0.15, 0.2) is 67.1 Å². The van der Waals surface area contributed by atoms with Gasteiger partial charge in [0.15, 0.2) is 0 Å². The topological polar surface area (TPSA) is 115 Å². The zero-order chi connectivity index (χ0) is 24.4. The van der Waals surface area contributed by atoms with E-state index in [4.69, 9.17) is 11.6 Å². The molecule has 0 amide bonds. The van der Waals surface area contributed by atoms with E-state index < -0.39 is 12.0 Å². The molecule has 0 spiro atoms. The average molecular weight is 489 g/mol. The molecule has 3 heterocycles. The Hall–Kier alpha value is -4.62. The van der Waals surface area contributed by atoms with E-state index in [0.29, 0.717) is 33.0 Å². The SMILES string of the molecule is N#Cc1cnc2c(Cl)cc(NC(c3ccc(F)cc3)c3cn[nH]n3)cc2c1Nc1cccnc1F. The second-order valence-corrected chi connectivity index (χ2v) is 7.91. The van der Waals surface area contributed by atoms with Gasteiger partial charge in [0, 0.05) is 23.5 Å². The number of hydrogen-bond donors (Lipinski definition) is 3. The van der Waals surface area contributed by atoms with Crippen molar-refractivity contribution >= 4 is 39.6 Å². The number of rotatable bonds is 6. The summed E-state index contributed by atoms with van der Waals surface area (Å²) in [7, 11) is 0. The minimum atomic E-state index is -0.718. The van der Waals surface area contributed by atoms with E-state index in [9.17, 15) is 14.0 Å². The molecular weight excluding hydrogens is 474 g/mol. The Morgan fingerprint density at radius 3 is 2.60 bits per heavy atom. The van der Waals surface area contributed by atoms with Crippen LogP contribution in [0.3, 0.4) is 0 Å². The van der Waals surface area contributed by atoms with Crippen molar-refractivity contribution < 1.29 is 8.78 Å². The van der Waals surface area contributed by atoms with E-state index >= 15 is 0 Å². The highest BCUT2D eigenvalue weighted by molar-refractivity contribution is 6.36. The largest absolute Gasteiger partial charge is 0.373 e. The molecular formula is C24H15ClF2N8. The number of pyridine rings is 2. The number of nitrogens with one attached hydrogen (secondary N) is 3. The van der Waals surface area contributed by atoms with Gasteiger partial charge in [-0.15, -0.1) is 0 Å². The van der Waals surface area contributed by atoms with Gasteiger partial charge in [-0.2, -0.15) is 25.1 Å². The number of hydrogen-bond acceptors (Lipinski definition) is 7. The molecule has 11 heteroatoms. The lowest BCUT2D eigenvalue weighted by Crippen LogP contribution is -2.13. The molecule has 1 atom stereocenters.